The first-order valence-corrected chi connectivity index (χ1v) is 3.93. The highest BCUT2D eigenvalue weighted by atomic mass is 15.0. The van der Waals surface area contributed by atoms with Gasteiger partial charge in [-0.25, -0.2) is 4.98 Å². The number of hydrogen-bond donors (Lipinski definition) is 1. The Balaban J connectivity index is 2.73. The minimum Gasteiger partial charge on any atom is -0.340 e. The van der Waals surface area contributed by atoms with Crippen LogP contribution in [0.15, 0.2) is 12.5 Å². The summed E-state index contributed by atoms with van der Waals surface area (Å²) in [7, 11) is 3.95. The molecular weight excluding hydrogens is 138 g/mol. The van der Waals surface area contributed by atoms with Crippen LogP contribution in [0, 0.1) is 0 Å². The van der Waals surface area contributed by atoms with Crippen molar-refractivity contribution in [3.05, 3.63) is 18.2 Å². The third-order valence-corrected chi connectivity index (χ3v) is 1.84. The van der Waals surface area contributed by atoms with Gasteiger partial charge < -0.3 is 9.88 Å². The van der Waals surface area contributed by atoms with Gasteiger partial charge >= 0.3 is 0 Å². The van der Waals surface area contributed by atoms with Crippen molar-refractivity contribution in [2.75, 3.05) is 7.05 Å². The Morgan fingerprint density at radius 2 is 2.45 bits per heavy atom. The summed E-state index contributed by atoms with van der Waals surface area (Å²) in [6.07, 6.45) is 4.95. The second-order valence-electron chi connectivity index (χ2n) is 2.71. The van der Waals surface area contributed by atoms with Crippen LogP contribution in [0.4, 0.5) is 0 Å². The lowest BCUT2D eigenvalue weighted by atomic mass is 10.2. The van der Waals surface area contributed by atoms with E-state index in [0.29, 0.717) is 6.04 Å². The average molecular weight is 153 g/mol. The summed E-state index contributed by atoms with van der Waals surface area (Å²) >= 11 is 0. The fraction of sp³-hybridized carbons (Fsp3) is 0.625. The lowest BCUT2D eigenvalue weighted by molar-refractivity contribution is 0.563. The van der Waals surface area contributed by atoms with E-state index in [1.807, 2.05) is 31.2 Å². The highest BCUT2D eigenvalue weighted by molar-refractivity contribution is 5.02. The molecule has 0 aromatic carbocycles. The van der Waals surface area contributed by atoms with Crippen LogP contribution in [0.25, 0.3) is 0 Å². The van der Waals surface area contributed by atoms with Gasteiger partial charge in [0, 0.05) is 13.2 Å². The molecule has 0 bridgehead atoms. The zero-order chi connectivity index (χ0) is 8.27. The predicted molar refractivity (Wildman–Crippen MR) is 45.3 cm³/mol. The number of hydrogen-bond acceptors (Lipinski definition) is 2. The van der Waals surface area contributed by atoms with E-state index in [0.717, 1.165) is 12.1 Å². The molecule has 0 aliphatic heterocycles. The van der Waals surface area contributed by atoms with Crippen molar-refractivity contribution < 1.29 is 0 Å². The van der Waals surface area contributed by atoms with Gasteiger partial charge in [0.15, 0.2) is 0 Å². The Hall–Kier alpha value is -0.830. The second-order valence-corrected chi connectivity index (χ2v) is 2.71. The zero-order valence-corrected chi connectivity index (χ0v) is 7.33. The number of aryl methyl sites for hydroxylation is 1. The molecular formula is C8H15N3. The fourth-order valence-electron chi connectivity index (χ4n) is 1.17. The maximum Gasteiger partial charge on any atom is 0.0947 e. The number of nitrogens with zero attached hydrogens (tertiary/aromatic N) is 2. The van der Waals surface area contributed by atoms with Crippen LogP contribution in [-0.4, -0.2) is 16.6 Å². The predicted octanol–water partition coefficient (Wildman–Crippen LogP) is 1.09. The van der Waals surface area contributed by atoms with Gasteiger partial charge in [0.1, 0.15) is 0 Å². The molecule has 1 N–H and O–H groups in total. The van der Waals surface area contributed by atoms with Gasteiger partial charge in [-0.3, -0.25) is 0 Å². The Morgan fingerprint density at radius 3 is 2.82 bits per heavy atom. The molecule has 0 aliphatic rings. The smallest absolute Gasteiger partial charge is 0.0947 e. The molecule has 1 aromatic heterocycles. The molecule has 1 rings (SSSR count). The molecule has 1 heterocycles. The van der Waals surface area contributed by atoms with Gasteiger partial charge in [0.2, 0.25) is 0 Å². The molecule has 3 nitrogen and oxygen atoms in total. The number of imidazole rings is 1. The SMILES string of the molecule is CCC(NC)c1cn(C)cn1. The molecule has 11 heavy (non-hydrogen) atoms. The minimum absolute atomic E-state index is 0.399. The van der Waals surface area contributed by atoms with E-state index in [1.165, 1.54) is 0 Å². The van der Waals surface area contributed by atoms with E-state index < -0.39 is 0 Å². The van der Waals surface area contributed by atoms with Crippen LogP contribution in [-0.2, 0) is 7.05 Å². The summed E-state index contributed by atoms with van der Waals surface area (Å²) in [5, 5.41) is 3.21. The standard InChI is InChI=1S/C8H15N3/c1-4-7(9-2)8-5-11(3)6-10-8/h5-7,9H,4H2,1-3H3. The molecule has 1 aromatic rings. The number of aromatic nitrogens is 2. The van der Waals surface area contributed by atoms with E-state index in [2.05, 4.69) is 17.2 Å². The van der Waals surface area contributed by atoms with Crippen LogP contribution < -0.4 is 5.32 Å². The molecule has 0 saturated carbocycles. The van der Waals surface area contributed by atoms with E-state index in [9.17, 15) is 0 Å². The maximum atomic E-state index is 4.26. The molecule has 3 heteroatoms. The molecule has 62 valence electrons. The molecule has 1 unspecified atom stereocenters. The summed E-state index contributed by atoms with van der Waals surface area (Å²) in [4.78, 5) is 4.26. The van der Waals surface area contributed by atoms with Crippen molar-refractivity contribution in [3.8, 4) is 0 Å². The summed E-state index contributed by atoms with van der Waals surface area (Å²) in [6, 6.07) is 0.399. The lowest BCUT2D eigenvalue weighted by Crippen LogP contribution is -2.15. The number of nitrogens with one attached hydrogen (secondary N) is 1. The van der Waals surface area contributed by atoms with Crippen LogP contribution in [0.1, 0.15) is 25.1 Å². The van der Waals surface area contributed by atoms with Gasteiger partial charge in [0.05, 0.1) is 18.1 Å². The van der Waals surface area contributed by atoms with Gasteiger partial charge in [-0.15, -0.1) is 0 Å². The van der Waals surface area contributed by atoms with Crippen LogP contribution in [0.5, 0.6) is 0 Å². The van der Waals surface area contributed by atoms with Gasteiger partial charge in [-0.2, -0.15) is 0 Å². The Bertz CT molecular complexity index is 213. The Morgan fingerprint density at radius 1 is 1.73 bits per heavy atom. The zero-order valence-electron chi connectivity index (χ0n) is 7.33. The van der Waals surface area contributed by atoms with Crippen molar-refractivity contribution in [1.29, 1.82) is 0 Å². The molecule has 0 fully saturated rings. The second kappa shape index (κ2) is 3.53. The largest absolute Gasteiger partial charge is 0.340 e. The third-order valence-electron chi connectivity index (χ3n) is 1.84. The van der Waals surface area contributed by atoms with Gasteiger partial charge in [-0.05, 0) is 13.5 Å². The van der Waals surface area contributed by atoms with E-state index in [-0.39, 0.29) is 0 Å². The molecule has 0 spiro atoms. The van der Waals surface area contributed by atoms with Crippen molar-refractivity contribution in [3.63, 3.8) is 0 Å². The van der Waals surface area contributed by atoms with Crippen LogP contribution in [0.3, 0.4) is 0 Å². The lowest BCUT2D eigenvalue weighted by Gasteiger charge is -2.09. The highest BCUT2D eigenvalue weighted by Gasteiger charge is 2.07. The van der Waals surface area contributed by atoms with Crippen molar-refractivity contribution >= 4 is 0 Å². The maximum absolute atomic E-state index is 4.26. The quantitative estimate of drug-likeness (QED) is 0.704. The van der Waals surface area contributed by atoms with Gasteiger partial charge in [0.25, 0.3) is 0 Å². The summed E-state index contributed by atoms with van der Waals surface area (Å²) in [6.45, 7) is 2.15. The summed E-state index contributed by atoms with van der Waals surface area (Å²) < 4.78 is 1.97. The molecule has 0 radical (unpaired) electrons. The topological polar surface area (TPSA) is 29.9 Å². The van der Waals surface area contributed by atoms with E-state index >= 15 is 0 Å². The summed E-state index contributed by atoms with van der Waals surface area (Å²) in [5.74, 6) is 0. The van der Waals surface area contributed by atoms with E-state index in [1.54, 1.807) is 0 Å². The highest BCUT2D eigenvalue weighted by Crippen LogP contribution is 2.11. The fourth-order valence-corrected chi connectivity index (χ4v) is 1.17. The van der Waals surface area contributed by atoms with Gasteiger partial charge in [-0.1, -0.05) is 6.92 Å². The molecule has 1 atom stereocenters. The summed E-state index contributed by atoms with van der Waals surface area (Å²) in [5.41, 5.74) is 1.12. The monoisotopic (exact) mass is 153 g/mol. The normalized spacial score (nSPS) is 13.4. The first-order valence-electron chi connectivity index (χ1n) is 3.93. The van der Waals surface area contributed by atoms with E-state index in [4.69, 9.17) is 0 Å². The molecule has 0 saturated heterocycles. The third kappa shape index (κ3) is 1.80. The van der Waals surface area contributed by atoms with Crippen LogP contribution in [0.2, 0.25) is 0 Å². The minimum atomic E-state index is 0.399. The number of rotatable bonds is 3. The molecule has 0 amide bonds. The molecule has 0 aliphatic carbocycles. The van der Waals surface area contributed by atoms with Crippen molar-refractivity contribution in [1.82, 2.24) is 14.9 Å². The Labute approximate surface area is 67.4 Å². The first-order chi connectivity index (χ1) is 5.27. The Kier molecular flexibility index (Phi) is 2.65. The first kappa shape index (κ1) is 8.27. The van der Waals surface area contributed by atoms with Crippen molar-refractivity contribution in [2.24, 2.45) is 7.05 Å². The van der Waals surface area contributed by atoms with Crippen molar-refractivity contribution in [2.45, 2.75) is 19.4 Å². The van der Waals surface area contributed by atoms with Crippen LogP contribution >= 0.6 is 0 Å². The average Bonchev–Trinajstić information content (AvgIpc) is 2.39.